The molecule has 0 amide bonds. The summed E-state index contributed by atoms with van der Waals surface area (Å²) in [4.78, 5) is 8.59. The Labute approximate surface area is 123 Å². The number of benzene rings is 1. The fourth-order valence-electron chi connectivity index (χ4n) is 2.24. The van der Waals surface area contributed by atoms with Crippen molar-refractivity contribution < 1.29 is 4.74 Å². The van der Waals surface area contributed by atoms with E-state index in [2.05, 4.69) is 26.2 Å². The Morgan fingerprint density at radius 1 is 1.24 bits per heavy atom. The van der Waals surface area contributed by atoms with Crippen LogP contribution in [0.4, 0.5) is 0 Å². The number of nitrogens with zero attached hydrogens (tertiary/aromatic N) is 3. The van der Waals surface area contributed by atoms with E-state index in [4.69, 9.17) is 4.74 Å². The second-order valence-electron chi connectivity index (χ2n) is 4.83. The third-order valence-corrected chi connectivity index (χ3v) is 3.28. The SMILES string of the molecule is COc1ccc(Cc2nc(-c3cccnc3)n[nH]2)cc1C. The largest absolute Gasteiger partial charge is 0.496 e. The van der Waals surface area contributed by atoms with Crippen molar-refractivity contribution in [1.29, 1.82) is 0 Å². The number of rotatable bonds is 4. The normalized spacial score (nSPS) is 10.6. The maximum atomic E-state index is 5.27. The number of hydrogen-bond donors (Lipinski definition) is 1. The zero-order chi connectivity index (χ0) is 14.7. The Morgan fingerprint density at radius 2 is 2.14 bits per heavy atom. The van der Waals surface area contributed by atoms with Gasteiger partial charge >= 0.3 is 0 Å². The van der Waals surface area contributed by atoms with Gasteiger partial charge in [-0.2, -0.15) is 5.10 Å². The number of nitrogens with one attached hydrogen (secondary N) is 1. The summed E-state index contributed by atoms with van der Waals surface area (Å²) in [6, 6.07) is 9.93. The molecule has 0 fully saturated rings. The van der Waals surface area contributed by atoms with Crippen molar-refractivity contribution in [2.24, 2.45) is 0 Å². The Bertz CT molecular complexity index is 737. The number of hydrogen-bond acceptors (Lipinski definition) is 4. The summed E-state index contributed by atoms with van der Waals surface area (Å²) in [6.45, 7) is 2.03. The number of aryl methyl sites for hydroxylation is 1. The molecule has 0 atom stereocenters. The maximum Gasteiger partial charge on any atom is 0.182 e. The van der Waals surface area contributed by atoms with Gasteiger partial charge in [-0.05, 0) is 36.2 Å². The van der Waals surface area contributed by atoms with Crippen LogP contribution in [0, 0.1) is 6.92 Å². The lowest BCUT2D eigenvalue weighted by molar-refractivity contribution is 0.411. The molecule has 1 N–H and O–H groups in total. The molecule has 0 saturated carbocycles. The van der Waals surface area contributed by atoms with Crippen LogP contribution in [-0.2, 0) is 6.42 Å². The lowest BCUT2D eigenvalue weighted by atomic mass is 10.1. The average Bonchev–Trinajstić information content (AvgIpc) is 2.97. The van der Waals surface area contributed by atoms with Crippen LogP contribution >= 0.6 is 0 Å². The molecular formula is C16H16N4O. The molecule has 0 radical (unpaired) electrons. The third-order valence-electron chi connectivity index (χ3n) is 3.28. The van der Waals surface area contributed by atoms with Gasteiger partial charge in [0.05, 0.1) is 7.11 Å². The molecule has 5 nitrogen and oxygen atoms in total. The fraction of sp³-hybridized carbons (Fsp3) is 0.188. The molecule has 0 saturated heterocycles. The monoisotopic (exact) mass is 280 g/mol. The van der Waals surface area contributed by atoms with Crippen LogP contribution in [0.25, 0.3) is 11.4 Å². The molecule has 2 aromatic heterocycles. The zero-order valence-electron chi connectivity index (χ0n) is 12.0. The van der Waals surface area contributed by atoms with Crippen molar-refractivity contribution in [3.05, 3.63) is 59.7 Å². The minimum absolute atomic E-state index is 0.670. The van der Waals surface area contributed by atoms with Crippen LogP contribution in [0.3, 0.4) is 0 Å². The minimum atomic E-state index is 0.670. The van der Waals surface area contributed by atoms with Crippen molar-refractivity contribution in [2.45, 2.75) is 13.3 Å². The highest BCUT2D eigenvalue weighted by Crippen LogP contribution is 2.20. The van der Waals surface area contributed by atoms with Crippen molar-refractivity contribution in [2.75, 3.05) is 7.11 Å². The highest BCUT2D eigenvalue weighted by atomic mass is 16.5. The van der Waals surface area contributed by atoms with E-state index < -0.39 is 0 Å². The topological polar surface area (TPSA) is 63.7 Å². The maximum absolute atomic E-state index is 5.27. The molecule has 2 heterocycles. The van der Waals surface area contributed by atoms with Crippen LogP contribution in [0.15, 0.2) is 42.7 Å². The standard InChI is InChI=1S/C16H16N4O/c1-11-8-12(5-6-14(11)21-2)9-15-18-16(20-19-15)13-4-3-7-17-10-13/h3-8,10H,9H2,1-2H3,(H,18,19,20). The molecule has 5 heteroatoms. The molecule has 0 unspecified atom stereocenters. The summed E-state index contributed by atoms with van der Waals surface area (Å²) in [7, 11) is 1.68. The van der Waals surface area contributed by atoms with Crippen molar-refractivity contribution in [1.82, 2.24) is 20.2 Å². The number of aromatic amines is 1. The van der Waals surface area contributed by atoms with Gasteiger partial charge in [-0.25, -0.2) is 4.98 Å². The van der Waals surface area contributed by atoms with Crippen LogP contribution in [-0.4, -0.2) is 27.3 Å². The Kier molecular flexibility index (Phi) is 3.64. The Morgan fingerprint density at radius 3 is 2.86 bits per heavy atom. The van der Waals surface area contributed by atoms with E-state index in [9.17, 15) is 0 Å². The lowest BCUT2D eigenvalue weighted by Crippen LogP contribution is -1.94. The quantitative estimate of drug-likeness (QED) is 0.798. The van der Waals surface area contributed by atoms with Crippen LogP contribution in [0.5, 0.6) is 5.75 Å². The van der Waals surface area contributed by atoms with Crippen molar-refractivity contribution in [3.8, 4) is 17.1 Å². The van der Waals surface area contributed by atoms with Gasteiger partial charge in [0.2, 0.25) is 0 Å². The Balaban J connectivity index is 1.80. The summed E-state index contributed by atoms with van der Waals surface area (Å²) in [5.74, 6) is 2.40. The minimum Gasteiger partial charge on any atom is -0.496 e. The molecule has 3 aromatic rings. The molecule has 0 aliphatic rings. The molecule has 106 valence electrons. The first-order valence-electron chi connectivity index (χ1n) is 6.71. The van der Waals surface area contributed by atoms with Gasteiger partial charge in [0.15, 0.2) is 5.82 Å². The second-order valence-corrected chi connectivity index (χ2v) is 4.83. The highest BCUT2D eigenvalue weighted by molar-refractivity contribution is 5.52. The van der Waals surface area contributed by atoms with Gasteiger partial charge in [0, 0.05) is 24.4 Å². The molecule has 0 spiro atoms. The summed E-state index contributed by atoms with van der Waals surface area (Å²) in [6.07, 6.45) is 4.19. The predicted molar refractivity (Wildman–Crippen MR) is 80.2 cm³/mol. The first-order chi connectivity index (χ1) is 10.3. The molecule has 1 aromatic carbocycles. The first kappa shape index (κ1) is 13.3. The third kappa shape index (κ3) is 2.91. The highest BCUT2D eigenvalue weighted by Gasteiger charge is 2.07. The van der Waals surface area contributed by atoms with Gasteiger partial charge in [-0.3, -0.25) is 10.1 Å². The fourth-order valence-corrected chi connectivity index (χ4v) is 2.24. The zero-order valence-corrected chi connectivity index (χ0v) is 12.0. The molecule has 0 aliphatic heterocycles. The molecule has 0 aliphatic carbocycles. The van der Waals surface area contributed by atoms with Crippen molar-refractivity contribution >= 4 is 0 Å². The van der Waals surface area contributed by atoms with E-state index in [0.717, 1.165) is 22.7 Å². The van der Waals surface area contributed by atoms with E-state index >= 15 is 0 Å². The van der Waals surface area contributed by atoms with Gasteiger partial charge in [-0.15, -0.1) is 0 Å². The smallest absolute Gasteiger partial charge is 0.182 e. The van der Waals surface area contributed by atoms with Gasteiger partial charge in [-0.1, -0.05) is 12.1 Å². The van der Waals surface area contributed by atoms with E-state index in [-0.39, 0.29) is 0 Å². The molecule has 0 bridgehead atoms. The van der Waals surface area contributed by atoms with E-state index in [1.54, 1.807) is 19.5 Å². The molecular weight excluding hydrogens is 264 g/mol. The van der Waals surface area contributed by atoms with Gasteiger partial charge in [0.25, 0.3) is 0 Å². The second kappa shape index (κ2) is 5.75. The van der Waals surface area contributed by atoms with Gasteiger partial charge < -0.3 is 4.74 Å². The molecule has 21 heavy (non-hydrogen) atoms. The average molecular weight is 280 g/mol. The summed E-state index contributed by atoms with van der Waals surface area (Å²) >= 11 is 0. The summed E-state index contributed by atoms with van der Waals surface area (Å²) in [5, 5.41) is 7.22. The predicted octanol–water partition coefficient (Wildman–Crippen LogP) is 2.77. The lowest BCUT2D eigenvalue weighted by Gasteiger charge is -2.06. The van der Waals surface area contributed by atoms with E-state index in [1.807, 2.05) is 31.2 Å². The van der Waals surface area contributed by atoms with Crippen molar-refractivity contribution in [3.63, 3.8) is 0 Å². The van der Waals surface area contributed by atoms with Gasteiger partial charge in [0.1, 0.15) is 11.6 Å². The molecule has 3 rings (SSSR count). The van der Waals surface area contributed by atoms with E-state index in [1.165, 1.54) is 5.56 Å². The van der Waals surface area contributed by atoms with Crippen LogP contribution in [0.1, 0.15) is 17.0 Å². The van der Waals surface area contributed by atoms with Crippen LogP contribution < -0.4 is 4.74 Å². The number of ether oxygens (including phenoxy) is 1. The number of pyridine rings is 1. The first-order valence-corrected chi connectivity index (χ1v) is 6.71. The number of H-pyrrole nitrogens is 1. The summed E-state index contributed by atoms with van der Waals surface area (Å²) in [5.41, 5.74) is 3.19. The van der Waals surface area contributed by atoms with E-state index in [0.29, 0.717) is 12.2 Å². The summed E-state index contributed by atoms with van der Waals surface area (Å²) < 4.78 is 5.27. The number of aromatic nitrogens is 4. The van der Waals surface area contributed by atoms with Crippen LogP contribution in [0.2, 0.25) is 0 Å². The number of methoxy groups -OCH3 is 1. The Hall–Kier alpha value is -2.69.